The maximum Gasteiger partial charge on any atom is 0.352 e. The maximum absolute atomic E-state index is 11.8. The number of aromatic amines is 1. The number of H-pyrrole nitrogens is 1. The Bertz CT molecular complexity index is 509. The summed E-state index contributed by atoms with van der Waals surface area (Å²) in [7, 11) is -2.02. The van der Waals surface area contributed by atoms with Crippen LogP contribution in [-0.4, -0.2) is 44.7 Å². The third-order valence-electron chi connectivity index (χ3n) is 2.51. The van der Waals surface area contributed by atoms with Crippen molar-refractivity contribution < 1.29 is 23.1 Å². The first-order chi connectivity index (χ1) is 8.97. The molecule has 1 aromatic heterocycles. The van der Waals surface area contributed by atoms with Crippen LogP contribution in [0.25, 0.3) is 0 Å². The average molecular weight is 290 g/mol. The van der Waals surface area contributed by atoms with Gasteiger partial charge in [0.05, 0.1) is 0 Å². The summed E-state index contributed by atoms with van der Waals surface area (Å²) in [6, 6.07) is 1.09. The van der Waals surface area contributed by atoms with Crippen molar-refractivity contribution in [2.24, 2.45) is 0 Å². The van der Waals surface area contributed by atoms with Gasteiger partial charge >= 0.3 is 5.97 Å². The van der Waals surface area contributed by atoms with E-state index in [1.54, 1.807) is 7.11 Å². The second kappa shape index (κ2) is 7.27. The van der Waals surface area contributed by atoms with Gasteiger partial charge in [0, 0.05) is 26.5 Å². The minimum atomic E-state index is -3.64. The molecule has 0 spiro atoms. The minimum Gasteiger partial charge on any atom is -0.477 e. The first kappa shape index (κ1) is 15.7. The lowest BCUT2D eigenvalue weighted by molar-refractivity contribution is 0.0691. The van der Waals surface area contributed by atoms with Crippen molar-refractivity contribution >= 4 is 16.0 Å². The summed E-state index contributed by atoms with van der Waals surface area (Å²) in [6.45, 7) is 0.978. The quantitative estimate of drug-likeness (QED) is 0.583. The van der Waals surface area contributed by atoms with Gasteiger partial charge in [-0.2, -0.15) is 0 Å². The van der Waals surface area contributed by atoms with E-state index in [2.05, 4.69) is 9.71 Å². The van der Waals surface area contributed by atoms with Crippen molar-refractivity contribution in [2.45, 2.75) is 24.2 Å². The van der Waals surface area contributed by atoms with Crippen molar-refractivity contribution in [1.82, 2.24) is 9.71 Å². The SMILES string of the molecule is COCCCCCNS(=O)(=O)c1c[nH]c(C(=O)O)c1. The predicted octanol–water partition coefficient (Wildman–Crippen LogP) is 0.808. The van der Waals surface area contributed by atoms with E-state index in [1.165, 1.54) is 0 Å². The molecule has 19 heavy (non-hydrogen) atoms. The van der Waals surface area contributed by atoms with Crippen LogP contribution in [0.3, 0.4) is 0 Å². The van der Waals surface area contributed by atoms with E-state index in [0.717, 1.165) is 25.1 Å². The molecule has 108 valence electrons. The van der Waals surface area contributed by atoms with Crippen LogP contribution in [0.4, 0.5) is 0 Å². The minimum absolute atomic E-state index is 0.0678. The smallest absolute Gasteiger partial charge is 0.352 e. The zero-order valence-electron chi connectivity index (χ0n) is 10.7. The van der Waals surface area contributed by atoms with Crippen LogP contribution < -0.4 is 4.72 Å². The molecule has 0 atom stereocenters. The van der Waals surface area contributed by atoms with Gasteiger partial charge in [-0.05, 0) is 25.3 Å². The highest BCUT2D eigenvalue weighted by Gasteiger charge is 2.17. The Labute approximate surface area is 112 Å². The topological polar surface area (TPSA) is 108 Å². The number of nitrogens with one attached hydrogen (secondary N) is 2. The number of methoxy groups -OCH3 is 1. The number of aromatic carboxylic acids is 1. The van der Waals surface area contributed by atoms with E-state index in [-0.39, 0.29) is 10.6 Å². The molecular formula is C11H18N2O5S. The Morgan fingerprint density at radius 2 is 2.16 bits per heavy atom. The Morgan fingerprint density at radius 3 is 2.74 bits per heavy atom. The fourth-order valence-corrected chi connectivity index (χ4v) is 2.56. The monoisotopic (exact) mass is 290 g/mol. The average Bonchev–Trinajstić information content (AvgIpc) is 2.84. The van der Waals surface area contributed by atoms with Crippen molar-refractivity contribution in [3.8, 4) is 0 Å². The molecule has 1 aromatic rings. The number of ether oxygens (including phenoxy) is 1. The standard InChI is InChI=1S/C11H18N2O5S/c1-18-6-4-2-3-5-13-19(16,17)9-7-10(11(14)15)12-8-9/h7-8,12-13H,2-6H2,1H3,(H,14,15). The summed E-state index contributed by atoms with van der Waals surface area (Å²) in [5.74, 6) is -1.19. The van der Waals surface area contributed by atoms with Crippen molar-refractivity contribution in [3.05, 3.63) is 18.0 Å². The highest BCUT2D eigenvalue weighted by molar-refractivity contribution is 7.89. The van der Waals surface area contributed by atoms with E-state index in [9.17, 15) is 13.2 Å². The lowest BCUT2D eigenvalue weighted by atomic mass is 10.2. The Morgan fingerprint density at radius 1 is 1.42 bits per heavy atom. The molecule has 3 N–H and O–H groups in total. The molecule has 8 heteroatoms. The number of hydrogen-bond donors (Lipinski definition) is 3. The first-order valence-electron chi connectivity index (χ1n) is 5.87. The molecule has 0 amide bonds. The molecule has 0 aliphatic rings. The van der Waals surface area contributed by atoms with Crippen molar-refractivity contribution in [2.75, 3.05) is 20.3 Å². The highest BCUT2D eigenvalue weighted by Crippen LogP contribution is 2.10. The molecule has 0 bridgehead atoms. The molecule has 0 saturated carbocycles. The lowest BCUT2D eigenvalue weighted by Gasteiger charge is -2.04. The van der Waals surface area contributed by atoms with E-state index < -0.39 is 16.0 Å². The molecule has 0 unspecified atom stereocenters. The summed E-state index contributed by atoms with van der Waals surface area (Å²) in [4.78, 5) is 13.0. The highest BCUT2D eigenvalue weighted by atomic mass is 32.2. The predicted molar refractivity (Wildman–Crippen MR) is 68.7 cm³/mol. The van der Waals surface area contributed by atoms with Crippen LogP contribution in [-0.2, 0) is 14.8 Å². The fraction of sp³-hybridized carbons (Fsp3) is 0.545. The van der Waals surface area contributed by atoms with Crippen LogP contribution in [0, 0.1) is 0 Å². The molecule has 0 aromatic carbocycles. The third kappa shape index (κ3) is 5.01. The van der Waals surface area contributed by atoms with Gasteiger partial charge in [0.2, 0.25) is 10.0 Å². The molecule has 0 fully saturated rings. The van der Waals surface area contributed by atoms with Gasteiger partial charge in [0.25, 0.3) is 0 Å². The molecule has 0 aliphatic carbocycles. The summed E-state index contributed by atoms with van der Waals surface area (Å²) in [6.07, 6.45) is 3.62. The van der Waals surface area contributed by atoms with Gasteiger partial charge in [-0.15, -0.1) is 0 Å². The van der Waals surface area contributed by atoms with Crippen LogP contribution in [0.1, 0.15) is 29.8 Å². The largest absolute Gasteiger partial charge is 0.477 e. The lowest BCUT2D eigenvalue weighted by Crippen LogP contribution is -2.24. The molecular weight excluding hydrogens is 272 g/mol. The number of carboxylic acid groups (broad SMARTS) is 1. The van der Waals surface area contributed by atoms with Gasteiger partial charge in [-0.3, -0.25) is 0 Å². The molecule has 1 rings (SSSR count). The molecule has 7 nitrogen and oxygen atoms in total. The number of hydrogen-bond acceptors (Lipinski definition) is 4. The van der Waals surface area contributed by atoms with E-state index in [1.807, 2.05) is 0 Å². The Kier molecular flexibility index (Phi) is 6.00. The van der Waals surface area contributed by atoms with Crippen LogP contribution >= 0.6 is 0 Å². The summed E-state index contributed by atoms with van der Waals surface area (Å²) in [5, 5.41) is 8.70. The first-order valence-corrected chi connectivity index (χ1v) is 7.36. The van der Waals surface area contributed by atoms with Crippen molar-refractivity contribution in [1.29, 1.82) is 0 Å². The second-order valence-corrected chi connectivity index (χ2v) is 5.77. The zero-order chi connectivity index (χ0) is 14.3. The van der Waals surface area contributed by atoms with Crippen LogP contribution in [0.15, 0.2) is 17.2 Å². The second-order valence-electron chi connectivity index (χ2n) is 4.01. The van der Waals surface area contributed by atoms with Gasteiger partial charge in [0.15, 0.2) is 0 Å². The molecule has 0 saturated heterocycles. The van der Waals surface area contributed by atoms with Gasteiger partial charge in [-0.25, -0.2) is 17.9 Å². The Balaban J connectivity index is 2.44. The third-order valence-corrected chi connectivity index (χ3v) is 3.96. The van der Waals surface area contributed by atoms with E-state index >= 15 is 0 Å². The number of aromatic nitrogens is 1. The molecule has 0 aliphatic heterocycles. The van der Waals surface area contributed by atoms with Gasteiger partial charge < -0.3 is 14.8 Å². The number of rotatable bonds is 9. The molecule has 1 heterocycles. The maximum atomic E-state index is 11.8. The number of carbonyl (C=O) groups is 1. The van der Waals surface area contributed by atoms with Crippen molar-refractivity contribution in [3.63, 3.8) is 0 Å². The summed E-state index contributed by atoms with van der Waals surface area (Å²) in [5.41, 5.74) is -0.152. The van der Waals surface area contributed by atoms with Crippen LogP contribution in [0.5, 0.6) is 0 Å². The Hall–Kier alpha value is -1.38. The normalized spacial score (nSPS) is 11.6. The van der Waals surface area contributed by atoms with Crippen LogP contribution in [0.2, 0.25) is 0 Å². The number of unbranched alkanes of at least 4 members (excludes halogenated alkanes) is 2. The van der Waals surface area contributed by atoms with Gasteiger partial charge in [0.1, 0.15) is 10.6 Å². The zero-order valence-corrected chi connectivity index (χ0v) is 11.5. The van der Waals surface area contributed by atoms with Gasteiger partial charge in [-0.1, -0.05) is 0 Å². The summed E-state index contributed by atoms with van der Waals surface area (Å²) < 4.78 is 30.9. The number of sulfonamides is 1. The molecule has 0 radical (unpaired) electrons. The van der Waals surface area contributed by atoms with E-state index in [0.29, 0.717) is 19.6 Å². The summed E-state index contributed by atoms with van der Waals surface area (Å²) >= 11 is 0. The number of carboxylic acids is 1. The fourth-order valence-electron chi connectivity index (χ4n) is 1.49. The van der Waals surface area contributed by atoms with E-state index in [4.69, 9.17) is 9.84 Å².